The lowest BCUT2D eigenvalue weighted by Gasteiger charge is -2.35. The van der Waals surface area contributed by atoms with E-state index >= 15 is 0 Å². The monoisotopic (exact) mass is 1120 g/mol. The van der Waals surface area contributed by atoms with E-state index in [4.69, 9.17) is 35.0 Å². The standard InChI is InChI=1S/C75H66ClN3O5/c1-73(2,3)51-20-25-53(26-21-51)78(54-27-22-52(23-28-54)74(4,5)6)64-43-59(44-65(72(64)76)79(57-30-33-67-70(45-57)82-37-35-80-67)58-31-34-68-71(46-58)83-38-36-81-68)77(56-29-32-61-60-14-10-11-15-62(60)75(7,8)63(61)42-56)55-24-19-47-39-50(18-17-48(47)40-55)69-41-49-13-9-12-16-66(49)84-69/h9-34,39-46H,35-38H2,1-8H3. The summed E-state index contributed by atoms with van der Waals surface area (Å²) in [5, 5.41) is 3.76. The molecule has 1 aliphatic carbocycles. The van der Waals surface area contributed by atoms with Crippen LogP contribution in [0.5, 0.6) is 23.0 Å². The van der Waals surface area contributed by atoms with Crippen molar-refractivity contribution in [2.45, 2.75) is 71.6 Å². The summed E-state index contributed by atoms with van der Waals surface area (Å²) in [7, 11) is 0. The molecule has 0 atom stereocenters. The first-order valence-electron chi connectivity index (χ1n) is 29.1. The van der Waals surface area contributed by atoms with Crippen LogP contribution in [0.1, 0.15) is 77.6 Å². The average Bonchev–Trinajstić information content (AvgIpc) is 1.70. The van der Waals surface area contributed by atoms with Crippen molar-refractivity contribution in [3.05, 3.63) is 234 Å². The number of benzene rings is 10. The number of fused-ring (bicyclic) bond motifs is 7. The summed E-state index contributed by atoms with van der Waals surface area (Å²) in [5.74, 6) is 3.50. The summed E-state index contributed by atoms with van der Waals surface area (Å²) >= 11 is 8.37. The molecule has 0 saturated carbocycles. The van der Waals surface area contributed by atoms with E-state index in [0.29, 0.717) is 54.4 Å². The molecular formula is C75H66ClN3O5. The molecule has 0 fully saturated rings. The summed E-state index contributed by atoms with van der Waals surface area (Å²) in [6.07, 6.45) is 0. The number of ether oxygens (including phenoxy) is 4. The number of halogens is 1. The Morgan fingerprint density at radius 3 is 1.46 bits per heavy atom. The Morgan fingerprint density at radius 2 is 0.857 bits per heavy atom. The minimum atomic E-state index is -0.275. The quantitative estimate of drug-likeness (QED) is 0.134. The lowest BCUT2D eigenvalue weighted by Crippen LogP contribution is -2.20. The predicted molar refractivity (Wildman–Crippen MR) is 345 cm³/mol. The summed E-state index contributed by atoms with van der Waals surface area (Å²) < 4.78 is 31.3. The van der Waals surface area contributed by atoms with Gasteiger partial charge in [-0.1, -0.05) is 158 Å². The lowest BCUT2D eigenvalue weighted by atomic mass is 9.82. The highest BCUT2D eigenvalue weighted by Gasteiger charge is 2.37. The fourth-order valence-corrected chi connectivity index (χ4v) is 12.7. The highest BCUT2D eigenvalue weighted by atomic mass is 35.5. The smallest absolute Gasteiger partial charge is 0.163 e. The maximum atomic E-state index is 8.37. The average molecular weight is 1120 g/mol. The first-order chi connectivity index (χ1) is 40.5. The molecule has 9 heteroatoms. The largest absolute Gasteiger partial charge is 0.486 e. The molecule has 10 aromatic carbocycles. The van der Waals surface area contributed by atoms with Gasteiger partial charge in [0.15, 0.2) is 23.0 Å². The Balaban J connectivity index is 1.05. The molecule has 3 heterocycles. The van der Waals surface area contributed by atoms with Gasteiger partial charge in [0.05, 0.1) is 33.5 Å². The maximum absolute atomic E-state index is 8.37. The van der Waals surface area contributed by atoms with Gasteiger partial charge in [0.25, 0.3) is 0 Å². The van der Waals surface area contributed by atoms with Crippen LogP contribution in [0.2, 0.25) is 5.02 Å². The third-order valence-corrected chi connectivity index (χ3v) is 17.3. The number of nitrogens with zero attached hydrogens (tertiary/aromatic N) is 3. The highest BCUT2D eigenvalue weighted by molar-refractivity contribution is 6.37. The minimum Gasteiger partial charge on any atom is -0.486 e. The van der Waals surface area contributed by atoms with Gasteiger partial charge in [-0.2, -0.15) is 0 Å². The van der Waals surface area contributed by atoms with Crippen LogP contribution in [0.15, 0.2) is 211 Å². The second-order valence-corrected chi connectivity index (χ2v) is 25.2. The van der Waals surface area contributed by atoms with E-state index in [1.807, 2.05) is 42.5 Å². The molecule has 14 rings (SSSR count). The number of rotatable bonds is 10. The topological polar surface area (TPSA) is 59.8 Å². The Morgan fingerprint density at radius 1 is 0.381 bits per heavy atom. The van der Waals surface area contributed by atoms with Crippen LogP contribution in [-0.4, -0.2) is 26.4 Å². The van der Waals surface area contributed by atoms with Crippen LogP contribution >= 0.6 is 11.6 Å². The van der Waals surface area contributed by atoms with E-state index in [9.17, 15) is 0 Å². The molecule has 0 amide bonds. The summed E-state index contributed by atoms with van der Waals surface area (Å²) in [5.41, 5.74) is 16.8. The fourth-order valence-electron chi connectivity index (χ4n) is 12.4. The molecule has 2 aliphatic heterocycles. The van der Waals surface area contributed by atoms with E-state index in [2.05, 4.69) is 234 Å². The number of anilines is 9. The zero-order chi connectivity index (χ0) is 57.6. The molecule has 418 valence electrons. The molecule has 11 aromatic rings. The van der Waals surface area contributed by atoms with Crippen molar-refractivity contribution in [1.29, 1.82) is 0 Å². The molecule has 8 nitrogen and oxygen atoms in total. The highest BCUT2D eigenvalue weighted by Crippen LogP contribution is 2.55. The second-order valence-electron chi connectivity index (χ2n) is 24.8. The summed E-state index contributed by atoms with van der Waals surface area (Å²) in [6, 6.07) is 74.0. The van der Waals surface area contributed by atoms with Gasteiger partial charge < -0.3 is 38.1 Å². The van der Waals surface area contributed by atoms with Crippen LogP contribution in [0.4, 0.5) is 51.2 Å². The zero-order valence-corrected chi connectivity index (χ0v) is 49.5. The Labute approximate surface area is 497 Å². The zero-order valence-electron chi connectivity index (χ0n) is 48.7. The third kappa shape index (κ3) is 9.43. The fraction of sp³-hybridized carbons (Fsp3) is 0.200. The molecule has 0 spiro atoms. The van der Waals surface area contributed by atoms with Crippen LogP contribution < -0.4 is 33.6 Å². The van der Waals surface area contributed by atoms with Crippen molar-refractivity contribution in [2.75, 3.05) is 41.1 Å². The van der Waals surface area contributed by atoms with E-state index in [-0.39, 0.29) is 16.2 Å². The molecule has 0 bridgehead atoms. The van der Waals surface area contributed by atoms with Crippen LogP contribution in [0.25, 0.3) is 44.2 Å². The minimum absolute atomic E-state index is 0.0721. The van der Waals surface area contributed by atoms with Crippen LogP contribution in [-0.2, 0) is 16.2 Å². The van der Waals surface area contributed by atoms with Crippen molar-refractivity contribution in [3.8, 4) is 45.4 Å². The molecule has 84 heavy (non-hydrogen) atoms. The van der Waals surface area contributed by atoms with Crippen molar-refractivity contribution < 1.29 is 23.4 Å². The van der Waals surface area contributed by atoms with Gasteiger partial charge in [-0.15, -0.1) is 0 Å². The maximum Gasteiger partial charge on any atom is 0.163 e. The number of para-hydroxylation sites is 1. The molecule has 0 unspecified atom stereocenters. The normalized spacial score (nSPS) is 14.1. The first kappa shape index (κ1) is 52.9. The summed E-state index contributed by atoms with van der Waals surface area (Å²) in [4.78, 5) is 6.90. The molecule has 0 saturated heterocycles. The van der Waals surface area contributed by atoms with E-state index in [1.165, 1.54) is 33.4 Å². The van der Waals surface area contributed by atoms with Gasteiger partial charge in [0, 0.05) is 51.2 Å². The van der Waals surface area contributed by atoms with Crippen LogP contribution in [0, 0.1) is 0 Å². The SMILES string of the molecule is CC(C)(C)c1ccc(N(c2ccc(C(C)(C)C)cc2)c2cc(N(c3ccc4c(c3)C(C)(C)c3ccccc3-4)c3ccc4cc(-c5cc6ccccc6o5)ccc4c3)cc(N(c3ccc4c(c3)OCCO4)c3ccc4c(c3)OCCO4)c2Cl)cc1. The van der Waals surface area contributed by atoms with Crippen molar-refractivity contribution >= 4 is 84.5 Å². The van der Waals surface area contributed by atoms with Gasteiger partial charge in [-0.25, -0.2) is 0 Å². The second kappa shape index (κ2) is 20.4. The lowest BCUT2D eigenvalue weighted by molar-refractivity contribution is 0.171. The summed E-state index contributed by atoms with van der Waals surface area (Å²) in [6.45, 7) is 20.0. The van der Waals surface area contributed by atoms with Gasteiger partial charge in [0.2, 0.25) is 0 Å². The predicted octanol–water partition coefficient (Wildman–Crippen LogP) is 20.8. The Bertz CT molecular complexity index is 4210. The number of hydrogen-bond donors (Lipinski definition) is 0. The first-order valence-corrected chi connectivity index (χ1v) is 29.4. The third-order valence-electron chi connectivity index (χ3n) is 16.9. The van der Waals surface area contributed by atoms with Gasteiger partial charge in [0.1, 0.15) is 37.8 Å². The molecule has 1 aromatic heterocycles. The van der Waals surface area contributed by atoms with Crippen LogP contribution in [0.3, 0.4) is 0 Å². The molecule has 0 radical (unpaired) electrons. The molecule has 0 N–H and O–H groups in total. The van der Waals surface area contributed by atoms with Crippen molar-refractivity contribution in [3.63, 3.8) is 0 Å². The van der Waals surface area contributed by atoms with E-state index in [1.54, 1.807) is 0 Å². The Kier molecular flexibility index (Phi) is 12.8. The molecule has 3 aliphatic rings. The Hall–Kier alpha value is -9.11. The number of hydrogen-bond acceptors (Lipinski definition) is 8. The van der Waals surface area contributed by atoms with E-state index < -0.39 is 0 Å². The number of furan rings is 1. The van der Waals surface area contributed by atoms with E-state index in [0.717, 1.165) is 84.3 Å². The molecular weight excluding hydrogens is 1060 g/mol. The van der Waals surface area contributed by atoms with Gasteiger partial charge >= 0.3 is 0 Å². The van der Waals surface area contributed by atoms with Gasteiger partial charge in [-0.05, 0) is 158 Å². The van der Waals surface area contributed by atoms with Crippen molar-refractivity contribution in [2.24, 2.45) is 0 Å². The van der Waals surface area contributed by atoms with Gasteiger partial charge in [-0.3, -0.25) is 0 Å². The van der Waals surface area contributed by atoms with Crippen molar-refractivity contribution in [1.82, 2.24) is 0 Å².